The van der Waals surface area contributed by atoms with Gasteiger partial charge in [0.2, 0.25) is 11.6 Å². The van der Waals surface area contributed by atoms with Crippen LogP contribution in [0.1, 0.15) is 95.1 Å². The maximum Gasteiger partial charge on any atom is 0.335 e. The molecule has 10 N–H and O–H groups in total. The summed E-state index contributed by atoms with van der Waals surface area (Å²) in [5, 5.41) is 12.1. The summed E-state index contributed by atoms with van der Waals surface area (Å²) < 4.78 is 106. The van der Waals surface area contributed by atoms with E-state index in [0.29, 0.717) is 148 Å². The first-order chi connectivity index (χ1) is 60.2. The summed E-state index contributed by atoms with van der Waals surface area (Å²) in [6, 6.07) is 64.2. The number of fused-ring (bicyclic) bond motifs is 3. The first-order valence-corrected chi connectivity index (χ1v) is 38.2. The Balaban J connectivity index is 0.000000154. The number of imidazole rings is 2. The number of carboxylic acid groups (broad SMARTS) is 1. The molecule has 0 atom stereocenters. The van der Waals surface area contributed by atoms with Gasteiger partial charge in [-0.2, -0.15) is 0 Å². The average Bonchev–Trinajstić information content (AvgIpc) is 0.907. The smallest absolute Gasteiger partial charge is 0.335 e. The third-order valence-electron chi connectivity index (χ3n) is 18.7. The number of ketones is 4. The normalized spacial score (nSPS) is 10.5. The molecule has 1 amide bonds. The molecule has 29 heteroatoms. The number of Topliss-reactive ketones (excluding diaryl/α,β-unsaturated/α-hetero) is 4. The molecule has 5 heterocycles. The summed E-state index contributed by atoms with van der Waals surface area (Å²) in [4.78, 5) is 112. The van der Waals surface area contributed by atoms with Crippen molar-refractivity contribution in [3.8, 4) is 67.5 Å². The summed E-state index contributed by atoms with van der Waals surface area (Å²) in [5.74, 6) is -4.26. The number of H-pyrrole nitrogens is 2. The van der Waals surface area contributed by atoms with Crippen LogP contribution in [0.2, 0.25) is 0 Å². The number of hydrogen-bond donors (Lipinski definition) is 7. The monoisotopic (exact) mass is 1700 g/mol. The number of halogens is 8. The zero-order valence-corrected chi connectivity index (χ0v) is 66.3. The predicted octanol–water partition coefficient (Wildman–Crippen LogP) is 20.0. The Labute approximate surface area is 715 Å². The van der Waals surface area contributed by atoms with E-state index >= 15 is 0 Å². The Morgan fingerprint density at radius 3 is 0.881 bits per heavy atom. The van der Waals surface area contributed by atoms with Crippen LogP contribution < -0.4 is 22.5 Å². The van der Waals surface area contributed by atoms with Gasteiger partial charge in [0.05, 0.1) is 84.2 Å². The van der Waals surface area contributed by atoms with Crippen LogP contribution in [-0.4, -0.2) is 103 Å². The number of carboxylic acids is 1. The zero-order chi connectivity index (χ0) is 88.8. The second kappa shape index (κ2) is 42.3. The molecule has 0 saturated carbocycles. The molecular formula is C97H76F8N14O7. The summed E-state index contributed by atoms with van der Waals surface area (Å²) in [6.07, 6.45) is 8.35. The maximum atomic E-state index is 13.5. The molecule has 21 nitrogen and oxygen atoms in total. The fourth-order valence-corrected chi connectivity index (χ4v) is 12.2. The largest absolute Gasteiger partial charge is 0.478 e. The summed E-state index contributed by atoms with van der Waals surface area (Å²) >= 11 is 0. The lowest BCUT2D eigenvalue weighted by atomic mass is 10.0. The number of hydrogen-bond acceptors (Lipinski definition) is 17. The molecular weight excluding hydrogens is 1630 g/mol. The molecule has 0 saturated heterocycles. The summed E-state index contributed by atoms with van der Waals surface area (Å²) in [5.41, 5.74) is 29.3. The fraction of sp³-hybridized carbons (Fsp3) is 0.0722. The first kappa shape index (κ1) is 90.5. The van der Waals surface area contributed by atoms with Gasteiger partial charge in [0, 0.05) is 105 Å². The second-order valence-corrected chi connectivity index (χ2v) is 27.5. The number of aromatic carboxylic acids is 1. The van der Waals surface area contributed by atoms with E-state index in [1.165, 1.54) is 123 Å². The quantitative estimate of drug-likeness (QED) is 0.0182. The molecule has 17 aromatic rings. The maximum absolute atomic E-state index is 13.5. The Kier molecular flexibility index (Phi) is 30.4. The van der Waals surface area contributed by atoms with Crippen LogP contribution in [0, 0.1) is 46.5 Å². The topological polar surface area (TPSA) is 347 Å². The van der Waals surface area contributed by atoms with E-state index in [4.69, 9.17) is 27.2 Å². The molecule has 0 bridgehead atoms. The van der Waals surface area contributed by atoms with Gasteiger partial charge in [0.25, 0.3) is 5.91 Å². The van der Waals surface area contributed by atoms with E-state index in [-0.39, 0.29) is 76.5 Å². The number of rotatable bonds is 18. The molecule has 17 rings (SSSR count). The van der Waals surface area contributed by atoms with Crippen molar-refractivity contribution < 1.29 is 69.0 Å². The van der Waals surface area contributed by atoms with Gasteiger partial charge in [0.15, 0.2) is 11.6 Å². The van der Waals surface area contributed by atoms with Crippen LogP contribution in [-0.2, 0) is 12.8 Å². The third kappa shape index (κ3) is 23.9. The van der Waals surface area contributed by atoms with E-state index in [0.717, 1.165) is 42.3 Å². The molecule has 126 heavy (non-hydrogen) atoms. The standard InChI is InChI=1S/C26H19F2N5O.C22H14F2N2O.C21H12F2N2O2.C14H8F2O2.C8H10N2O.C5H9N3.CH4/c27-19-6-1-16(2-7-19)24-25(17-3-8-20(28)9-4-17)33-22-15-18(5-10-21(22)32-24)26(34)31-12-11-23-29-13-14-30-23;1-13(27)16-6-11-19-20(12-16)26-22(15-4-9-18(24)10-5-15)21(25-19)14-2-7-17(23)8-3-14;22-15-6-1-12(2-7-15)19-20(13-3-8-16(23)9-4-13)25-18-11-14(21(26)27)5-10-17(18)24-19;15-11-5-1-9(2-6-11)13(17)14(18)10-3-7-12(16)8-4-10;1-5(11)6-2-3-7(9)8(10)4-6;6-2-1-5-7-3-4-8-5;/h1-10,13-15H,11-12H2,(H,29,30)(H,31,34);2-12H,1H3;1-11H,(H,26,27);1-8H;2-4H,9-10H2,1H3;3-4H,1-2,6H2,(H,7,8);1H4. The molecule has 12 aromatic carbocycles. The predicted molar refractivity (Wildman–Crippen MR) is 467 cm³/mol. The van der Waals surface area contributed by atoms with Crippen molar-refractivity contribution in [3.63, 3.8) is 0 Å². The van der Waals surface area contributed by atoms with Crippen LogP contribution in [0.25, 0.3) is 101 Å². The molecule has 0 radical (unpaired) electrons. The minimum atomic E-state index is -1.07. The van der Waals surface area contributed by atoms with Gasteiger partial charge in [-0.3, -0.25) is 24.0 Å². The number of nitrogens with two attached hydrogens (primary N) is 3. The van der Waals surface area contributed by atoms with Gasteiger partial charge < -0.3 is 37.6 Å². The van der Waals surface area contributed by atoms with Crippen LogP contribution in [0.3, 0.4) is 0 Å². The lowest BCUT2D eigenvalue weighted by Gasteiger charge is -2.12. The highest BCUT2D eigenvalue weighted by molar-refractivity contribution is 6.49. The minimum absolute atomic E-state index is 0. The average molecular weight is 1700 g/mol. The molecule has 0 aliphatic carbocycles. The van der Waals surface area contributed by atoms with Crippen molar-refractivity contribution in [2.45, 2.75) is 34.1 Å². The molecule has 5 aromatic heterocycles. The summed E-state index contributed by atoms with van der Waals surface area (Å²) in [6.45, 7) is 4.07. The van der Waals surface area contributed by atoms with Crippen molar-refractivity contribution in [2.24, 2.45) is 5.73 Å². The number of aromatic nitrogens is 10. The number of carbonyl (C=O) groups excluding carboxylic acids is 5. The molecule has 0 aliphatic rings. The summed E-state index contributed by atoms with van der Waals surface area (Å²) in [7, 11) is 0. The first-order valence-electron chi connectivity index (χ1n) is 38.2. The van der Waals surface area contributed by atoms with Gasteiger partial charge in [0.1, 0.15) is 58.2 Å². The molecule has 0 spiro atoms. The highest BCUT2D eigenvalue weighted by Gasteiger charge is 2.22. The highest BCUT2D eigenvalue weighted by atomic mass is 19.2. The van der Waals surface area contributed by atoms with Crippen molar-refractivity contribution in [1.82, 2.24) is 55.2 Å². The Hall–Kier alpha value is -16.3. The Bertz CT molecular complexity index is 6460. The molecule has 632 valence electrons. The van der Waals surface area contributed by atoms with Crippen LogP contribution >= 0.6 is 0 Å². The van der Waals surface area contributed by atoms with Gasteiger partial charge in [-0.15, -0.1) is 0 Å². The SMILES string of the molecule is C.CC(=O)c1ccc(N)c(N)c1.CC(=O)c1ccc2nc(-c3ccc(F)cc3)c(-c3ccc(F)cc3)nc2c1.NCCc1ncc[nH]1.O=C(C(=O)c1ccc(F)cc1)c1ccc(F)cc1.O=C(NCCc1ncc[nH]1)c1ccc2nc(-c3ccc(F)cc3)c(-c3ccc(F)cc3)nc2c1.O=C(O)c1ccc2nc(-c3ccc(F)cc3)c(-c3ccc(F)cc3)nc2c1. The fourth-order valence-electron chi connectivity index (χ4n) is 12.2. The lowest BCUT2D eigenvalue weighted by molar-refractivity contribution is 0.0695. The van der Waals surface area contributed by atoms with Crippen LogP contribution in [0.5, 0.6) is 0 Å². The number of benzene rings is 12. The van der Waals surface area contributed by atoms with E-state index in [1.807, 2.05) is 0 Å². The minimum Gasteiger partial charge on any atom is -0.478 e. The number of carbonyl (C=O) groups is 6. The molecule has 0 aliphatic heterocycles. The van der Waals surface area contributed by atoms with Gasteiger partial charge in [-0.25, -0.2) is 79.8 Å². The Morgan fingerprint density at radius 2 is 0.587 bits per heavy atom. The number of nitrogens with one attached hydrogen (secondary N) is 3. The van der Waals surface area contributed by atoms with Crippen LogP contribution in [0.4, 0.5) is 46.5 Å². The second-order valence-electron chi connectivity index (χ2n) is 27.5. The Morgan fingerprint density at radius 1 is 0.325 bits per heavy atom. The third-order valence-corrected chi connectivity index (χ3v) is 18.7. The number of nitrogens with zero attached hydrogens (tertiary/aromatic N) is 8. The van der Waals surface area contributed by atoms with E-state index in [1.54, 1.807) is 158 Å². The zero-order valence-electron chi connectivity index (χ0n) is 66.3. The number of anilines is 2. The van der Waals surface area contributed by atoms with Gasteiger partial charge in [-0.05, 0) is 287 Å². The molecule has 0 fully saturated rings. The molecule has 0 unspecified atom stereocenters. The number of aromatic amines is 2. The van der Waals surface area contributed by atoms with Crippen LogP contribution in [0.15, 0.2) is 292 Å². The lowest BCUT2D eigenvalue weighted by Crippen LogP contribution is -2.25. The van der Waals surface area contributed by atoms with Gasteiger partial charge >= 0.3 is 5.97 Å². The number of nitrogen functional groups attached to an aromatic ring is 2. The van der Waals surface area contributed by atoms with Crippen molar-refractivity contribution in [2.75, 3.05) is 24.6 Å². The van der Waals surface area contributed by atoms with Crippen molar-refractivity contribution in [3.05, 3.63) is 383 Å². The van der Waals surface area contributed by atoms with Gasteiger partial charge in [-0.1, -0.05) is 7.43 Å². The van der Waals surface area contributed by atoms with Crippen molar-refractivity contribution >= 4 is 79.5 Å². The van der Waals surface area contributed by atoms with E-state index < -0.39 is 29.2 Å². The van der Waals surface area contributed by atoms with E-state index in [9.17, 15) is 69.0 Å². The number of amides is 1. The van der Waals surface area contributed by atoms with E-state index in [2.05, 4.69) is 45.2 Å². The van der Waals surface area contributed by atoms with Crippen molar-refractivity contribution in [1.29, 1.82) is 0 Å². The highest BCUT2D eigenvalue weighted by Crippen LogP contribution is 2.36.